The molecule has 0 aliphatic carbocycles. The summed E-state index contributed by atoms with van der Waals surface area (Å²) in [6.45, 7) is 5.11. The third-order valence-corrected chi connectivity index (χ3v) is 3.65. The van der Waals surface area contributed by atoms with Gasteiger partial charge in [-0.05, 0) is 19.2 Å². The van der Waals surface area contributed by atoms with Crippen molar-refractivity contribution in [3.8, 4) is 0 Å². The molecule has 1 aromatic carbocycles. The first-order valence-corrected chi connectivity index (χ1v) is 6.85. The van der Waals surface area contributed by atoms with Gasteiger partial charge < -0.3 is 15.3 Å². The first-order chi connectivity index (χ1) is 9.99. The number of nitrogens with one attached hydrogen (secondary N) is 1. The van der Waals surface area contributed by atoms with E-state index in [9.17, 15) is 13.6 Å². The van der Waals surface area contributed by atoms with Crippen LogP contribution in [0.2, 0.25) is 0 Å². The van der Waals surface area contributed by atoms with Crippen LogP contribution in [-0.4, -0.2) is 67.2 Å². The van der Waals surface area contributed by atoms with Crippen molar-refractivity contribution in [3.63, 3.8) is 0 Å². The Hall–Kier alpha value is -1.73. The van der Waals surface area contributed by atoms with Crippen LogP contribution in [0, 0.1) is 11.6 Å². The number of hydrogen-bond acceptors (Lipinski definition) is 4. The molecule has 5 nitrogen and oxygen atoms in total. The average Bonchev–Trinajstić information content (AvgIpc) is 2.45. The SMILES string of the molecule is CN1CCN(CCNc2ccc(C(=O)O)c(F)c2F)CC1. The van der Waals surface area contributed by atoms with Crippen LogP contribution in [0.3, 0.4) is 0 Å². The minimum atomic E-state index is -1.48. The number of benzene rings is 1. The lowest BCUT2D eigenvalue weighted by Crippen LogP contribution is -2.45. The molecule has 0 bridgehead atoms. The van der Waals surface area contributed by atoms with Crippen LogP contribution in [0.1, 0.15) is 10.4 Å². The zero-order valence-electron chi connectivity index (χ0n) is 11.9. The molecule has 0 aromatic heterocycles. The van der Waals surface area contributed by atoms with Gasteiger partial charge >= 0.3 is 5.97 Å². The molecule has 0 saturated carbocycles. The second-order valence-electron chi connectivity index (χ2n) is 5.17. The van der Waals surface area contributed by atoms with Crippen LogP contribution in [0.5, 0.6) is 0 Å². The van der Waals surface area contributed by atoms with Crippen LogP contribution in [-0.2, 0) is 0 Å². The monoisotopic (exact) mass is 299 g/mol. The predicted molar refractivity (Wildman–Crippen MR) is 75.7 cm³/mol. The summed E-state index contributed by atoms with van der Waals surface area (Å²) >= 11 is 0. The van der Waals surface area contributed by atoms with Gasteiger partial charge in [-0.3, -0.25) is 4.90 Å². The van der Waals surface area contributed by atoms with Crippen LogP contribution in [0.25, 0.3) is 0 Å². The van der Waals surface area contributed by atoms with Crippen molar-refractivity contribution in [2.45, 2.75) is 0 Å². The van der Waals surface area contributed by atoms with Crippen LogP contribution in [0.15, 0.2) is 12.1 Å². The third kappa shape index (κ3) is 3.89. The zero-order chi connectivity index (χ0) is 15.4. The maximum absolute atomic E-state index is 13.7. The maximum atomic E-state index is 13.7. The highest BCUT2D eigenvalue weighted by atomic mass is 19.2. The molecule has 1 aliphatic rings. The van der Waals surface area contributed by atoms with E-state index in [-0.39, 0.29) is 5.69 Å². The van der Waals surface area contributed by atoms with E-state index in [4.69, 9.17) is 5.11 Å². The largest absolute Gasteiger partial charge is 0.478 e. The minimum absolute atomic E-state index is 0.00775. The van der Waals surface area contributed by atoms with Crippen molar-refractivity contribution >= 4 is 11.7 Å². The van der Waals surface area contributed by atoms with E-state index in [1.807, 2.05) is 0 Å². The number of halogens is 2. The standard InChI is InChI=1S/C14H19F2N3O2/c1-18-6-8-19(9-7-18)5-4-17-11-3-2-10(14(20)21)12(15)13(11)16/h2-3,17H,4-9H2,1H3,(H,20,21). The van der Waals surface area contributed by atoms with Crippen LogP contribution < -0.4 is 5.32 Å². The first kappa shape index (κ1) is 15.7. The summed E-state index contributed by atoms with van der Waals surface area (Å²) in [5.41, 5.74) is -0.663. The number of piperazine rings is 1. The molecule has 2 rings (SSSR count). The molecule has 7 heteroatoms. The van der Waals surface area contributed by atoms with Gasteiger partial charge in [0.25, 0.3) is 0 Å². The summed E-state index contributed by atoms with van der Waals surface area (Å²) in [7, 11) is 2.07. The Morgan fingerprint density at radius 1 is 1.24 bits per heavy atom. The number of nitrogens with zero attached hydrogens (tertiary/aromatic N) is 2. The Labute approximate surface area is 122 Å². The molecule has 2 N–H and O–H groups in total. The Balaban J connectivity index is 1.89. The number of carboxylic acid groups (broad SMARTS) is 1. The van der Waals surface area contributed by atoms with E-state index < -0.39 is 23.2 Å². The van der Waals surface area contributed by atoms with E-state index in [1.54, 1.807) is 0 Å². The number of aromatic carboxylic acids is 1. The van der Waals surface area contributed by atoms with Crippen molar-refractivity contribution < 1.29 is 18.7 Å². The summed E-state index contributed by atoms with van der Waals surface area (Å²) in [6, 6.07) is 2.32. The van der Waals surface area contributed by atoms with Crippen molar-refractivity contribution in [1.82, 2.24) is 9.80 Å². The van der Waals surface area contributed by atoms with Crippen molar-refractivity contribution in [2.24, 2.45) is 0 Å². The Kier molecular flexibility index (Phi) is 5.08. The van der Waals surface area contributed by atoms with Gasteiger partial charge in [-0.25, -0.2) is 13.6 Å². The molecule has 116 valence electrons. The highest BCUT2D eigenvalue weighted by Gasteiger charge is 2.18. The van der Waals surface area contributed by atoms with E-state index in [2.05, 4.69) is 22.2 Å². The Morgan fingerprint density at radius 3 is 2.52 bits per heavy atom. The first-order valence-electron chi connectivity index (χ1n) is 6.85. The number of anilines is 1. The molecule has 21 heavy (non-hydrogen) atoms. The number of carbonyl (C=O) groups is 1. The zero-order valence-corrected chi connectivity index (χ0v) is 11.9. The summed E-state index contributed by atoms with van der Waals surface area (Å²) in [4.78, 5) is 15.2. The average molecular weight is 299 g/mol. The summed E-state index contributed by atoms with van der Waals surface area (Å²) in [5.74, 6) is -3.95. The molecule has 1 aromatic rings. The van der Waals surface area contributed by atoms with Gasteiger partial charge in [-0.15, -0.1) is 0 Å². The summed E-state index contributed by atoms with van der Waals surface area (Å²) < 4.78 is 27.2. The molecule has 0 radical (unpaired) electrons. The quantitative estimate of drug-likeness (QED) is 0.859. The molecule has 0 amide bonds. The normalized spacial score (nSPS) is 16.9. The Bertz CT molecular complexity index is 517. The van der Waals surface area contributed by atoms with Gasteiger partial charge in [0.1, 0.15) is 0 Å². The number of rotatable bonds is 5. The molecule has 0 atom stereocenters. The molecule has 1 heterocycles. The lowest BCUT2D eigenvalue weighted by Gasteiger charge is -2.32. The van der Waals surface area contributed by atoms with Gasteiger partial charge in [0.15, 0.2) is 11.6 Å². The van der Waals surface area contributed by atoms with Crippen molar-refractivity contribution in [1.29, 1.82) is 0 Å². The summed E-state index contributed by atoms with van der Waals surface area (Å²) in [6.07, 6.45) is 0. The molecule has 1 saturated heterocycles. The predicted octanol–water partition coefficient (Wildman–Crippen LogP) is 1.32. The second-order valence-corrected chi connectivity index (χ2v) is 5.17. The minimum Gasteiger partial charge on any atom is -0.478 e. The summed E-state index contributed by atoms with van der Waals surface area (Å²) in [5, 5.41) is 11.5. The number of likely N-dealkylation sites (N-methyl/N-ethyl adjacent to an activating group) is 1. The maximum Gasteiger partial charge on any atom is 0.338 e. The molecule has 1 aliphatic heterocycles. The van der Waals surface area contributed by atoms with Crippen LogP contribution in [0.4, 0.5) is 14.5 Å². The lowest BCUT2D eigenvalue weighted by molar-refractivity contribution is 0.0690. The molecule has 0 unspecified atom stereocenters. The fraction of sp³-hybridized carbons (Fsp3) is 0.500. The topological polar surface area (TPSA) is 55.8 Å². The smallest absolute Gasteiger partial charge is 0.338 e. The van der Waals surface area contributed by atoms with Gasteiger partial charge in [-0.1, -0.05) is 0 Å². The van der Waals surface area contributed by atoms with E-state index in [0.717, 1.165) is 38.8 Å². The van der Waals surface area contributed by atoms with E-state index >= 15 is 0 Å². The van der Waals surface area contributed by atoms with Crippen molar-refractivity contribution in [2.75, 3.05) is 51.6 Å². The fourth-order valence-corrected chi connectivity index (χ4v) is 2.27. The van der Waals surface area contributed by atoms with E-state index in [1.165, 1.54) is 6.07 Å². The van der Waals surface area contributed by atoms with E-state index in [0.29, 0.717) is 6.54 Å². The third-order valence-electron chi connectivity index (χ3n) is 3.65. The van der Waals surface area contributed by atoms with Gasteiger partial charge in [0, 0.05) is 39.3 Å². The molecule has 0 spiro atoms. The van der Waals surface area contributed by atoms with Gasteiger partial charge in [0.05, 0.1) is 11.3 Å². The fourth-order valence-electron chi connectivity index (χ4n) is 2.27. The molecular formula is C14H19F2N3O2. The highest BCUT2D eigenvalue weighted by molar-refractivity contribution is 5.88. The van der Waals surface area contributed by atoms with Gasteiger partial charge in [-0.2, -0.15) is 0 Å². The number of hydrogen-bond donors (Lipinski definition) is 2. The Morgan fingerprint density at radius 2 is 1.90 bits per heavy atom. The second kappa shape index (κ2) is 6.82. The lowest BCUT2D eigenvalue weighted by atomic mass is 10.2. The van der Waals surface area contributed by atoms with Crippen molar-refractivity contribution in [3.05, 3.63) is 29.3 Å². The highest BCUT2D eigenvalue weighted by Crippen LogP contribution is 2.20. The molecular weight excluding hydrogens is 280 g/mol. The van der Waals surface area contributed by atoms with Crippen LogP contribution >= 0.6 is 0 Å². The number of carboxylic acids is 1. The molecule has 1 fully saturated rings. The van der Waals surface area contributed by atoms with Gasteiger partial charge in [0.2, 0.25) is 0 Å².